The van der Waals surface area contributed by atoms with Crippen LogP contribution in [0.4, 0.5) is 0 Å². The normalized spacial score (nSPS) is 40.9. The van der Waals surface area contributed by atoms with Crippen molar-refractivity contribution in [1.82, 2.24) is 4.73 Å². The number of rotatable bonds is 3. The number of nitrogens with zero attached hydrogens (tertiary/aromatic N) is 1. The summed E-state index contributed by atoms with van der Waals surface area (Å²) in [5, 5.41) is 62.8. The fourth-order valence-corrected chi connectivity index (χ4v) is 6.15. The SMILES string of the molecule is C[C@@H]1CC[C@H]2[C@H](C(=O)c3c(O)c([C@@]4(O)CC[C@@H](O)[C@@H](O)[C@H]4O)cn(O)c3=O)[C@H](C)C=C[C@@H]2C1. The van der Waals surface area contributed by atoms with Gasteiger partial charge in [0, 0.05) is 11.5 Å². The molecule has 9 nitrogen and oxygen atoms in total. The van der Waals surface area contributed by atoms with Crippen molar-refractivity contribution in [2.75, 3.05) is 0 Å². The quantitative estimate of drug-likeness (QED) is 0.219. The molecular formula is C24H33NO8. The zero-order chi connectivity index (χ0) is 24.2. The molecule has 0 unspecified atom stereocenters. The van der Waals surface area contributed by atoms with E-state index in [0.29, 0.717) is 5.92 Å². The highest BCUT2D eigenvalue weighted by Crippen LogP contribution is 2.47. The fraction of sp³-hybridized carbons (Fsp3) is 0.667. The van der Waals surface area contributed by atoms with Gasteiger partial charge in [-0.1, -0.05) is 32.4 Å². The Morgan fingerprint density at radius 2 is 1.82 bits per heavy atom. The summed E-state index contributed by atoms with van der Waals surface area (Å²) in [5.74, 6) is -1.51. The fourth-order valence-electron chi connectivity index (χ4n) is 6.15. The molecule has 2 saturated carbocycles. The summed E-state index contributed by atoms with van der Waals surface area (Å²) in [7, 11) is 0. The maximum absolute atomic E-state index is 13.7. The summed E-state index contributed by atoms with van der Waals surface area (Å²) in [4.78, 5) is 26.5. The van der Waals surface area contributed by atoms with Gasteiger partial charge < -0.3 is 30.7 Å². The summed E-state index contributed by atoms with van der Waals surface area (Å²) in [5.41, 5.74) is -4.48. The third-order valence-corrected chi connectivity index (χ3v) is 8.12. The van der Waals surface area contributed by atoms with Crippen LogP contribution in [0.25, 0.3) is 0 Å². The highest BCUT2D eigenvalue weighted by atomic mass is 16.5. The number of carbonyl (C=O) groups is 1. The minimum absolute atomic E-state index is 0.0105. The molecule has 0 aliphatic heterocycles. The molecule has 6 N–H and O–H groups in total. The van der Waals surface area contributed by atoms with Crippen molar-refractivity contribution in [3.63, 3.8) is 0 Å². The van der Waals surface area contributed by atoms with Crippen LogP contribution in [0.5, 0.6) is 5.75 Å². The molecule has 182 valence electrons. The largest absolute Gasteiger partial charge is 0.507 e. The number of aliphatic hydroxyl groups is 4. The average molecular weight is 464 g/mol. The lowest BCUT2D eigenvalue weighted by Crippen LogP contribution is -2.56. The van der Waals surface area contributed by atoms with E-state index in [2.05, 4.69) is 13.0 Å². The molecule has 33 heavy (non-hydrogen) atoms. The van der Waals surface area contributed by atoms with Gasteiger partial charge in [-0.2, -0.15) is 4.73 Å². The molecule has 1 aromatic rings. The number of aromatic hydroxyl groups is 1. The van der Waals surface area contributed by atoms with Gasteiger partial charge in [0.1, 0.15) is 29.1 Å². The van der Waals surface area contributed by atoms with Crippen molar-refractivity contribution in [3.05, 3.63) is 39.8 Å². The highest BCUT2D eigenvalue weighted by molar-refractivity contribution is 6.01. The Balaban J connectivity index is 1.79. The molecule has 3 aliphatic carbocycles. The molecule has 9 heteroatoms. The molecule has 9 atom stereocenters. The van der Waals surface area contributed by atoms with Crippen molar-refractivity contribution in [2.45, 2.75) is 69.9 Å². The number of pyridine rings is 1. The summed E-state index contributed by atoms with van der Waals surface area (Å²) in [6, 6.07) is 0. The standard InChI is InChI=1S/C24H33NO8/c1-11-3-6-14-13(9-11)5-4-12(2)17(14)21(29)18-19(27)15(10-25(33)23(18)31)24(32)8-7-16(26)20(28)22(24)30/h4-5,10-14,16-17,20,22,26-28,30,32-33H,3,6-9H2,1-2H3/t11-,12-,13-,14-,16-,17-,20-,22-,24+/m1/s1. The van der Waals surface area contributed by atoms with Crippen molar-refractivity contribution in [1.29, 1.82) is 0 Å². The average Bonchev–Trinajstić information content (AvgIpc) is 2.77. The van der Waals surface area contributed by atoms with E-state index in [1.165, 1.54) is 0 Å². The van der Waals surface area contributed by atoms with Gasteiger partial charge in [0.25, 0.3) is 5.56 Å². The van der Waals surface area contributed by atoms with E-state index in [-0.39, 0.29) is 35.3 Å². The van der Waals surface area contributed by atoms with Crippen LogP contribution in [-0.2, 0) is 5.60 Å². The van der Waals surface area contributed by atoms with Crippen LogP contribution in [0.15, 0.2) is 23.1 Å². The van der Waals surface area contributed by atoms with Crippen molar-refractivity contribution < 1.29 is 35.5 Å². The molecular weight excluding hydrogens is 430 g/mol. The first-order valence-electron chi connectivity index (χ1n) is 11.6. The lowest BCUT2D eigenvalue weighted by atomic mass is 9.61. The van der Waals surface area contributed by atoms with E-state index in [1.54, 1.807) is 0 Å². The number of Topliss-reactive ketones (excluding diaryl/α,β-unsaturated/α-hetero) is 1. The minimum Gasteiger partial charge on any atom is -0.507 e. The van der Waals surface area contributed by atoms with Gasteiger partial charge in [-0.25, -0.2) is 0 Å². The topological polar surface area (TPSA) is 160 Å². The summed E-state index contributed by atoms with van der Waals surface area (Å²) in [6.45, 7) is 4.04. The Morgan fingerprint density at radius 1 is 1.12 bits per heavy atom. The second kappa shape index (κ2) is 8.54. The van der Waals surface area contributed by atoms with Gasteiger partial charge in [0.2, 0.25) is 0 Å². The number of hydrogen-bond donors (Lipinski definition) is 6. The molecule has 0 radical (unpaired) electrons. The first-order valence-corrected chi connectivity index (χ1v) is 11.6. The number of aliphatic hydroxyl groups excluding tert-OH is 3. The number of ketones is 1. The second-order valence-electron chi connectivity index (χ2n) is 10.3. The van der Waals surface area contributed by atoms with Crippen LogP contribution in [-0.4, -0.2) is 59.6 Å². The number of fused-ring (bicyclic) bond motifs is 1. The molecule has 4 rings (SSSR count). The van der Waals surface area contributed by atoms with Crippen molar-refractivity contribution >= 4 is 5.78 Å². The maximum Gasteiger partial charge on any atom is 0.297 e. The molecule has 0 spiro atoms. The Labute approximate surface area is 191 Å². The predicted octanol–water partition coefficient (Wildman–Crippen LogP) is 0.913. The summed E-state index contributed by atoms with van der Waals surface area (Å²) < 4.78 is 0.119. The van der Waals surface area contributed by atoms with Crippen LogP contribution in [0.1, 0.15) is 61.9 Å². The van der Waals surface area contributed by atoms with Crippen LogP contribution < -0.4 is 5.56 Å². The van der Waals surface area contributed by atoms with Gasteiger partial charge in [-0.15, -0.1) is 0 Å². The van der Waals surface area contributed by atoms with Gasteiger partial charge >= 0.3 is 0 Å². The molecule has 1 heterocycles. The first-order chi connectivity index (χ1) is 15.5. The summed E-state index contributed by atoms with van der Waals surface area (Å²) in [6.07, 6.45) is 2.24. The molecule has 2 fully saturated rings. The van der Waals surface area contributed by atoms with Crippen molar-refractivity contribution in [2.24, 2.45) is 29.6 Å². The lowest BCUT2D eigenvalue weighted by molar-refractivity contribution is -0.191. The molecule has 0 saturated heterocycles. The van der Waals surface area contributed by atoms with Gasteiger partial charge in [0.15, 0.2) is 5.78 Å². The third kappa shape index (κ3) is 3.80. The van der Waals surface area contributed by atoms with Crippen LogP contribution in [0.3, 0.4) is 0 Å². The Bertz CT molecular complexity index is 1020. The number of allylic oxidation sites excluding steroid dienone is 2. The lowest BCUT2D eigenvalue weighted by Gasteiger charge is -2.43. The molecule has 3 aliphatic rings. The van der Waals surface area contributed by atoms with Crippen LogP contribution >= 0.6 is 0 Å². The number of hydrogen-bond acceptors (Lipinski definition) is 8. The monoisotopic (exact) mass is 463 g/mol. The van der Waals surface area contributed by atoms with Gasteiger partial charge in [0.05, 0.1) is 12.3 Å². The first kappa shape index (κ1) is 23.9. The number of aromatic nitrogens is 1. The van der Waals surface area contributed by atoms with Gasteiger partial charge in [-0.3, -0.25) is 9.59 Å². The van der Waals surface area contributed by atoms with Crippen LogP contribution in [0.2, 0.25) is 0 Å². The van der Waals surface area contributed by atoms with E-state index in [0.717, 1.165) is 25.5 Å². The van der Waals surface area contributed by atoms with Crippen LogP contribution in [0, 0.1) is 29.6 Å². The molecule has 1 aromatic heterocycles. The smallest absolute Gasteiger partial charge is 0.297 e. The van der Waals surface area contributed by atoms with Gasteiger partial charge in [-0.05, 0) is 49.4 Å². The zero-order valence-electron chi connectivity index (χ0n) is 18.8. The van der Waals surface area contributed by atoms with E-state index in [9.17, 15) is 40.3 Å². The maximum atomic E-state index is 13.7. The highest BCUT2D eigenvalue weighted by Gasteiger charge is 2.51. The third-order valence-electron chi connectivity index (χ3n) is 8.12. The van der Waals surface area contributed by atoms with E-state index < -0.39 is 58.0 Å². The van der Waals surface area contributed by atoms with Crippen molar-refractivity contribution in [3.8, 4) is 5.75 Å². The zero-order valence-corrected chi connectivity index (χ0v) is 18.8. The van der Waals surface area contributed by atoms with E-state index in [4.69, 9.17) is 0 Å². The minimum atomic E-state index is -2.28. The van der Waals surface area contributed by atoms with E-state index >= 15 is 0 Å². The molecule has 0 amide bonds. The Kier molecular flexibility index (Phi) is 6.20. The summed E-state index contributed by atoms with van der Waals surface area (Å²) >= 11 is 0. The van der Waals surface area contributed by atoms with E-state index in [1.807, 2.05) is 13.0 Å². The second-order valence-corrected chi connectivity index (χ2v) is 10.3. The Morgan fingerprint density at radius 3 is 2.52 bits per heavy atom. The molecule has 0 aromatic carbocycles. The predicted molar refractivity (Wildman–Crippen MR) is 117 cm³/mol. The number of carbonyl (C=O) groups excluding carboxylic acids is 1. The Hall–Kier alpha value is -2.20. The molecule has 0 bridgehead atoms.